The van der Waals surface area contributed by atoms with E-state index in [0.717, 1.165) is 30.8 Å². The number of rotatable bonds is 10. The Balaban J connectivity index is 1.92. The number of carbonyl (C=O) groups excluding carboxylic acids is 2. The summed E-state index contributed by atoms with van der Waals surface area (Å²) in [4.78, 5) is 27.0. The van der Waals surface area contributed by atoms with Crippen molar-refractivity contribution in [2.75, 3.05) is 11.9 Å². The molecular formula is C25H35N3O2. The average molecular weight is 410 g/mol. The average Bonchev–Trinajstić information content (AvgIpc) is 2.75. The molecule has 2 rings (SSSR count). The number of hydrogen-bond donors (Lipinski definition) is 2. The minimum Gasteiger partial charge on any atom is -0.348 e. The molecular weight excluding hydrogens is 374 g/mol. The van der Waals surface area contributed by atoms with Gasteiger partial charge < -0.3 is 10.6 Å². The van der Waals surface area contributed by atoms with E-state index in [0.29, 0.717) is 18.2 Å². The molecule has 162 valence electrons. The largest absolute Gasteiger partial charge is 0.348 e. The predicted octanol–water partition coefficient (Wildman–Crippen LogP) is 4.83. The van der Waals surface area contributed by atoms with Crippen LogP contribution in [0.5, 0.6) is 0 Å². The SMILES string of the molecule is CCC(C)C(=O)Nc1cccc(CNC(=O)c2ccc(CN(CC)C(C)C)cc2)c1. The summed E-state index contributed by atoms with van der Waals surface area (Å²) < 4.78 is 0. The number of anilines is 1. The molecule has 0 radical (unpaired) electrons. The molecule has 2 aromatic carbocycles. The van der Waals surface area contributed by atoms with Gasteiger partial charge in [-0.3, -0.25) is 14.5 Å². The maximum atomic E-state index is 12.5. The van der Waals surface area contributed by atoms with Gasteiger partial charge in [-0.05, 0) is 62.2 Å². The molecule has 0 fully saturated rings. The maximum Gasteiger partial charge on any atom is 0.251 e. The molecule has 0 saturated carbocycles. The molecule has 1 atom stereocenters. The summed E-state index contributed by atoms with van der Waals surface area (Å²) in [6.45, 7) is 12.7. The van der Waals surface area contributed by atoms with E-state index in [4.69, 9.17) is 0 Å². The summed E-state index contributed by atoms with van der Waals surface area (Å²) >= 11 is 0. The number of nitrogens with zero attached hydrogens (tertiary/aromatic N) is 1. The molecule has 0 spiro atoms. The van der Waals surface area contributed by atoms with E-state index >= 15 is 0 Å². The lowest BCUT2D eigenvalue weighted by molar-refractivity contribution is -0.119. The monoisotopic (exact) mass is 409 g/mol. The van der Waals surface area contributed by atoms with Crippen LogP contribution in [0.2, 0.25) is 0 Å². The molecule has 2 aromatic rings. The number of amides is 2. The highest BCUT2D eigenvalue weighted by atomic mass is 16.2. The van der Waals surface area contributed by atoms with Crippen LogP contribution in [0.3, 0.4) is 0 Å². The van der Waals surface area contributed by atoms with Gasteiger partial charge in [-0.2, -0.15) is 0 Å². The van der Waals surface area contributed by atoms with Crippen molar-refractivity contribution < 1.29 is 9.59 Å². The normalized spacial score (nSPS) is 12.1. The van der Waals surface area contributed by atoms with E-state index < -0.39 is 0 Å². The molecule has 30 heavy (non-hydrogen) atoms. The van der Waals surface area contributed by atoms with E-state index in [-0.39, 0.29) is 17.7 Å². The summed E-state index contributed by atoms with van der Waals surface area (Å²) in [5.74, 6) is -0.119. The number of nitrogens with one attached hydrogen (secondary N) is 2. The van der Waals surface area contributed by atoms with E-state index in [1.165, 1.54) is 5.56 Å². The maximum absolute atomic E-state index is 12.5. The Morgan fingerprint density at radius 1 is 0.967 bits per heavy atom. The summed E-state index contributed by atoms with van der Waals surface area (Å²) in [5, 5.41) is 5.89. The topological polar surface area (TPSA) is 61.4 Å². The second-order valence-electron chi connectivity index (χ2n) is 8.04. The third-order valence-electron chi connectivity index (χ3n) is 5.45. The van der Waals surface area contributed by atoms with Crippen molar-refractivity contribution in [2.24, 2.45) is 5.92 Å². The van der Waals surface area contributed by atoms with E-state index in [9.17, 15) is 9.59 Å². The Morgan fingerprint density at radius 3 is 2.27 bits per heavy atom. The van der Waals surface area contributed by atoms with Crippen LogP contribution in [0.4, 0.5) is 5.69 Å². The molecule has 0 aliphatic carbocycles. The fourth-order valence-corrected chi connectivity index (χ4v) is 3.15. The van der Waals surface area contributed by atoms with Crippen molar-refractivity contribution in [2.45, 2.75) is 60.2 Å². The van der Waals surface area contributed by atoms with E-state index in [2.05, 4.69) is 36.3 Å². The number of hydrogen-bond acceptors (Lipinski definition) is 3. The summed E-state index contributed by atoms with van der Waals surface area (Å²) in [6.07, 6.45) is 0.800. The summed E-state index contributed by atoms with van der Waals surface area (Å²) in [7, 11) is 0. The fraction of sp³-hybridized carbons (Fsp3) is 0.440. The molecule has 0 aliphatic rings. The van der Waals surface area contributed by atoms with Crippen molar-refractivity contribution in [1.29, 1.82) is 0 Å². The lowest BCUT2D eigenvalue weighted by atomic mass is 10.1. The van der Waals surface area contributed by atoms with Gasteiger partial charge in [0.15, 0.2) is 0 Å². The van der Waals surface area contributed by atoms with E-state index in [1.807, 2.05) is 62.4 Å². The van der Waals surface area contributed by atoms with Gasteiger partial charge >= 0.3 is 0 Å². The molecule has 0 bridgehead atoms. The molecule has 1 unspecified atom stereocenters. The smallest absolute Gasteiger partial charge is 0.251 e. The molecule has 5 heteroatoms. The zero-order valence-corrected chi connectivity index (χ0v) is 18.9. The van der Waals surface area contributed by atoms with Gasteiger partial charge in [0.2, 0.25) is 5.91 Å². The van der Waals surface area contributed by atoms with Crippen molar-refractivity contribution in [3.05, 3.63) is 65.2 Å². The third-order valence-corrected chi connectivity index (χ3v) is 5.45. The highest BCUT2D eigenvalue weighted by Gasteiger charge is 2.12. The lowest BCUT2D eigenvalue weighted by Gasteiger charge is -2.24. The molecule has 2 amide bonds. The standard InChI is InChI=1S/C25H35N3O2/c1-6-19(5)24(29)27-23-10-8-9-21(15-23)16-26-25(30)22-13-11-20(12-14-22)17-28(7-2)18(3)4/h8-15,18-19H,6-7,16-17H2,1-5H3,(H,26,30)(H,27,29). The molecule has 0 heterocycles. The van der Waals surface area contributed by atoms with E-state index in [1.54, 1.807) is 0 Å². The minimum absolute atomic E-state index is 0.0119. The third kappa shape index (κ3) is 6.99. The number of benzene rings is 2. The van der Waals surface area contributed by atoms with Crippen LogP contribution in [0, 0.1) is 5.92 Å². The Bertz CT molecular complexity index is 831. The molecule has 5 nitrogen and oxygen atoms in total. The summed E-state index contributed by atoms with van der Waals surface area (Å²) in [5.41, 5.74) is 3.54. The fourth-order valence-electron chi connectivity index (χ4n) is 3.15. The minimum atomic E-state index is -0.105. The van der Waals surface area contributed by atoms with Crippen LogP contribution in [-0.2, 0) is 17.9 Å². The Hall–Kier alpha value is -2.66. The molecule has 0 saturated heterocycles. The van der Waals surface area contributed by atoms with Gasteiger partial charge in [0, 0.05) is 36.3 Å². The van der Waals surface area contributed by atoms with Crippen LogP contribution in [0.25, 0.3) is 0 Å². The van der Waals surface area contributed by atoms with Crippen LogP contribution in [0.1, 0.15) is 62.5 Å². The van der Waals surface area contributed by atoms with Gasteiger partial charge in [-0.1, -0.05) is 45.0 Å². The van der Waals surface area contributed by atoms with Crippen LogP contribution in [0.15, 0.2) is 48.5 Å². The van der Waals surface area contributed by atoms with Crippen LogP contribution < -0.4 is 10.6 Å². The van der Waals surface area contributed by atoms with Gasteiger partial charge in [0.25, 0.3) is 5.91 Å². The highest BCUT2D eigenvalue weighted by molar-refractivity contribution is 5.94. The summed E-state index contributed by atoms with van der Waals surface area (Å²) in [6, 6.07) is 15.9. The Labute approximate surface area is 180 Å². The molecule has 0 aromatic heterocycles. The second-order valence-corrected chi connectivity index (χ2v) is 8.04. The first-order chi connectivity index (χ1) is 14.3. The lowest BCUT2D eigenvalue weighted by Crippen LogP contribution is -2.30. The van der Waals surface area contributed by atoms with Crippen molar-refractivity contribution >= 4 is 17.5 Å². The first-order valence-electron chi connectivity index (χ1n) is 10.8. The van der Waals surface area contributed by atoms with Gasteiger partial charge in [0.05, 0.1) is 0 Å². The van der Waals surface area contributed by atoms with Gasteiger partial charge in [-0.25, -0.2) is 0 Å². The molecule has 0 aliphatic heterocycles. The highest BCUT2D eigenvalue weighted by Crippen LogP contribution is 2.14. The van der Waals surface area contributed by atoms with Crippen LogP contribution >= 0.6 is 0 Å². The Kier molecular flexibility index (Phi) is 9.06. The quantitative estimate of drug-likeness (QED) is 0.591. The number of carbonyl (C=O) groups is 2. The zero-order chi connectivity index (χ0) is 22.1. The van der Waals surface area contributed by atoms with Crippen molar-refractivity contribution in [1.82, 2.24) is 10.2 Å². The van der Waals surface area contributed by atoms with Gasteiger partial charge in [0.1, 0.15) is 0 Å². The molecule has 2 N–H and O–H groups in total. The van der Waals surface area contributed by atoms with Crippen LogP contribution in [-0.4, -0.2) is 29.3 Å². The second kappa shape index (κ2) is 11.5. The first-order valence-corrected chi connectivity index (χ1v) is 10.8. The van der Waals surface area contributed by atoms with Crippen molar-refractivity contribution in [3.63, 3.8) is 0 Å². The zero-order valence-electron chi connectivity index (χ0n) is 18.9. The predicted molar refractivity (Wildman–Crippen MR) is 123 cm³/mol. The first kappa shape index (κ1) is 23.6. The van der Waals surface area contributed by atoms with Gasteiger partial charge in [-0.15, -0.1) is 0 Å². The van der Waals surface area contributed by atoms with Crippen molar-refractivity contribution in [3.8, 4) is 0 Å². The Morgan fingerprint density at radius 2 is 1.67 bits per heavy atom.